The molecule has 0 saturated carbocycles. The van der Waals surface area contributed by atoms with Gasteiger partial charge in [0.15, 0.2) is 6.10 Å². The van der Waals surface area contributed by atoms with Crippen LogP contribution in [0.1, 0.15) is 27.8 Å². The maximum absolute atomic E-state index is 14.0. The Morgan fingerprint density at radius 3 is 2.48 bits per heavy atom. The molecule has 0 spiro atoms. The van der Waals surface area contributed by atoms with Crippen molar-refractivity contribution in [3.63, 3.8) is 0 Å². The predicted molar refractivity (Wildman–Crippen MR) is 78.6 cm³/mol. The minimum atomic E-state index is -6.03. The fourth-order valence-electron chi connectivity index (χ4n) is 1.57. The van der Waals surface area contributed by atoms with Crippen LogP contribution in [0.5, 0.6) is 0 Å². The molecular formula is C13H14F4N2O5S. The van der Waals surface area contributed by atoms with Crippen LogP contribution in [-0.2, 0) is 19.1 Å². The van der Waals surface area contributed by atoms with Gasteiger partial charge < -0.3 is 10.6 Å². The number of carbonyl (C=O) groups excluding carboxylic acids is 2. The standard InChI is InChI=1S/C13H14F4N2O5S/c1-3-10(24-25(22,23)13(15,16)17)12(21)19-7-4-5-8(9(14)6-7)11(20)18-2/h4-6,10H,3H2,1-2H3,(H,18,20)(H,19,21)/t10-/m1/s1/i2D3. The fraction of sp³-hybridized carbons (Fsp3) is 0.385. The van der Waals surface area contributed by atoms with Gasteiger partial charge in [0.05, 0.1) is 5.56 Å². The first-order valence-electron chi connectivity index (χ1n) is 8.00. The van der Waals surface area contributed by atoms with Crippen LogP contribution in [0.2, 0.25) is 0 Å². The number of carbonyl (C=O) groups is 2. The van der Waals surface area contributed by atoms with Gasteiger partial charge in [-0.25, -0.2) is 8.57 Å². The Kier molecular flexibility index (Phi) is 5.06. The van der Waals surface area contributed by atoms with E-state index in [2.05, 4.69) is 4.18 Å². The maximum Gasteiger partial charge on any atom is 0.523 e. The van der Waals surface area contributed by atoms with Gasteiger partial charge in [-0.1, -0.05) is 6.92 Å². The number of rotatable bonds is 6. The van der Waals surface area contributed by atoms with Crippen LogP contribution in [-0.4, -0.2) is 38.8 Å². The number of nitrogens with one attached hydrogen (secondary N) is 2. The summed E-state index contributed by atoms with van der Waals surface area (Å²) in [6.45, 7) is -1.69. The molecule has 0 aliphatic heterocycles. The van der Waals surface area contributed by atoms with E-state index in [-0.39, 0.29) is 5.69 Å². The van der Waals surface area contributed by atoms with Gasteiger partial charge in [-0.3, -0.25) is 9.59 Å². The van der Waals surface area contributed by atoms with E-state index in [1.54, 1.807) is 5.32 Å². The third kappa shape index (κ3) is 5.13. The van der Waals surface area contributed by atoms with Crippen molar-refractivity contribution in [3.8, 4) is 0 Å². The van der Waals surface area contributed by atoms with Crippen molar-refractivity contribution in [1.82, 2.24) is 5.32 Å². The zero-order valence-corrected chi connectivity index (χ0v) is 13.3. The second-order valence-electron chi connectivity index (χ2n) is 4.53. The molecule has 1 atom stereocenters. The molecule has 12 heteroatoms. The van der Waals surface area contributed by atoms with E-state index in [9.17, 15) is 35.6 Å². The van der Waals surface area contributed by atoms with Crippen molar-refractivity contribution in [3.05, 3.63) is 29.6 Å². The van der Waals surface area contributed by atoms with E-state index in [1.807, 2.05) is 5.32 Å². The summed E-state index contributed by atoms with van der Waals surface area (Å²) >= 11 is 0. The van der Waals surface area contributed by atoms with E-state index in [4.69, 9.17) is 4.11 Å². The van der Waals surface area contributed by atoms with Crippen LogP contribution in [0, 0.1) is 5.82 Å². The van der Waals surface area contributed by atoms with Crippen LogP contribution in [0.4, 0.5) is 23.2 Å². The van der Waals surface area contributed by atoms with Crippen LogP contribution in [0.25, 0.3) is 0 Å². The van der Waals surface area contributed by atoms with Gasteiger partial charge in [0, 0.05) is 16.8 Å². The summed E-state index contributed by atoms with van der Waals surface area (Å²) in [5.41, 5.74) is -6.73. The van der Waals surface area contributed by atoms with Gasteiger partial charge in [-0.2, -0.15) is 21.6 Å². The van der Waals surface area contributed by atoms with Gasteiger partial charge in [0.25, 0.3) is 11.8 Å². The SMILES string of the molecule is [2H]C([2H])([2H])NC(=O)c1ccc(NC(=O)[C@@H](CC)OS(=O)(=O)C(F)(F)F)cc1F. The Bertz CT molecular complexity index is 859. The van der Waals surface area contributed by atoms with Gasteiger partial charge >= 0.3 is 15.6 Å². The molecular weight excluding hydrogens is 372 g/mol. The lowest BCUT2D eigenvalue weighted by Gasteiger charge is -2.17. The largest absolute Gasteiger partial charge is 0.523 e. The molecule has 0 aliphatic rings. The summed E-state index contributed by atoms with van der Waals surface area (Å²) in [6, 6.07) is 2.37. The zero-order valence-electron chi connectivity index (χ0n) is 15.5. The van der Waals surface area contributed by atoms with E-state index < -0.39 is 58.3 Å². The van der Waals surface area contributed by atoms with Gasteiger partial charge in [-0.15, -0.1) is 0 Å². The Labute approximate surface area is 144 Å². The molecule has 0 heterocycles. The molecule has 1 rings (SSSR count). The van der Waals surface area contributed by atoms with Crippen LogP contribution in [0.3, 0.4) is 0 Å². The average molecular weight is 389 g/mol. The van der Waals surface area contributed by atoms with Crippen LogP contribution in [0.15, 0.2) is 18.2 Å². The maximum atomic E-state index is 14.0. The summed E-state index contributed by atoms with van der Waals surface area (Å²) in [4.78, 5) is 23.6. The summed E-state index contributed by atoms with van der Waals surface area (Å²) in [7, 11) is -6.03. The molecule has 0 aliphatic carbocycles. The van der Waals surface area contributed by atoms with Gasteiger partial charge in [0.1, 0.15) is 5.82 Å². The highest BCUT2D eigenvalue weighted by Gasteiger charge is 2.49. The molecule has 0 fully saturated rings. The van der Waals surface area contributed by atoms with Crippen molar-refractivity contribution < 1.29 is 43.9 Å². The van der Waals surface area contributed by atoms with Crippen LogP contribution < -0.4 is 10.6 Å². The van der Waals surface area contributed by atoms with Gasteiger partial charge in [0.2, 0.25) is 0 Å². The number of amides is 2. The second-order valence-corrected chi connectivity index (χ2v) is 6.09. The molecule has 140 valence electrons. The van der Waals surface area contributed by atoms with E-state index in [0.29, 0.717) is 6.07 Å². The number of hydrogen-bond donors (Lipinski definition) is 2. The van der Waals surface area contributed by atoms with Crippen LogP contribution >= 0.6 is 0 Å². The summed E-state index contributed by atoms with van der Waals surface area (Å²) in [5, 5.41) is 3.49. The predicted octanol–water partition coefficient (Wildman–Crippen LogP) is 1.77. The van der Waals surface area contributed by atoms with Crippen molar-refractivity contribution in [2.75, 3.05) is 12.3 Å². The molecule has 0 bridgehead atoms. The summed E-state index contributed by atoms with van der Waals surface area (Å²) in [5.74, 6) is -3.81. The minimum absolute atomic E-state index is 0.334. The molecule has 1 aromatic carbocycles. The number of alkyl halides is 3. The topological polar surface area (TPSA) is 102 Å². The van der Waals surface area contributed by atoms with E-state index in [0.717, 1.165) is 12.1 Å². The Balaban J connectivity index is 2.94. The molecule has 0 radical (unpaired) electrons. The van der Waals surface area contributed by atoms with Crippen molar-refractivity contribution in [2.45, 2.75) is 25.0 Å². The number of halogens is 4. The molecule has 25 heavy (non-hydrogen) atoms. The van der Waals surface area contributed by atoms with E-state index in [1.165, 1.54) is 6.92 Å². The fourth-order valence-corrected chi connectivity index (χ4v) is 2.21. The first-order valence-corrected chi connectivity index (χ1v) is 7.90. The molecule has 0 aromatic heterocycles. The monoisotopic (exact) mass is 389 g/mol. The Hall–Kier alpha value is -2.21. The van der Waals surface area contributed by atoms with Gasteiger partial charge in [-0.05, 0) is 24.6 Å². The highest BCUT2D eigenvalue weighted by molar-refractivity contribution is 7.87. The second kappa shape index (κ2) is 7.78. The lowest BCUT2D eigenvalue weighted by Crippen LogP contribution is -2.36. The first-order chi connectivity index (χ1) is 12.6. The lowest BCUT2D eigenvalue weighted by molar-refractivity contribution is -0.123. The molecule has 0 saturated heterocycles. The number of anilines is 1. The smallest absolute Gasteiger partial charge is 0.355 e. The third-order valence-electron chi connectivity index (χ3n) is 2.78. The van der Waals surface area contributed by atoms with E-state index >= 15 is 0 Å². The number of hydrogen-bond acceptors (Lipinski definition) is 5. The van der Waals surface area contributed by atoms with Crippen molar-refractivity contribution in [2.24, 2.45) is 0 Å². The first kappa shape index (κ1) is 16.3. The molecule has 0 unspecified atom stereocenters. The molecule has 2 amide bonds. The quantitative estimate of drug-likeness (QED) is 0.439. The Morgan fingerprint density at radius 1 is 1.36 bits per heavy atom. The van der Waals surface area contributed by atoms with Crippen molar-refractivity contribution in [1.29, 1.82) is 0 Å². The zero-order chi connectivity index (χ0) is 21.9. The Morgan fingerprint density at radius 2 is 2.00 bits per heavy atom. The summed E-state index contributed by atoms with van der Waals surface area (Å²) in [6.07, 6.45) is -2.50. The average Bonchev–Trinajstić information content (AvgIpc) is 2.49. The number of benzene rings is 1. The highest BCUT2D eigenvalue weighted by atomic mass is 32.2. The molecule has 2 N–H and O–H groups in total. The summed E-state index contributed by atoms with van der Waals surface area (Å²) < 4.78 is 97.4. The normalized spacial score (nSPS) is 15.5. The molecule has 1 aromatic rings. The third-order valence-corrected chi connectivity index (χ3v) is 3.84. The molecule has 7 nitrogen and oxygen atoms in total. The lowest BCUT2D eigenvalue weighted by atomic mass is 10.1. The van der Waals surface area contributed by atoms with Crippen molar-refractivity contribution >= 4 is 27.6 Å². The minimum Gasteiger partial charge on any atom is -0.355 e. The highest BCUT2D eigenvalue weighted by Crippen LogP contribution is 2.26.